The fourth-order valence-corrected chi connectivity index (χ4v) is 2.16. The molecule has 8 nitrogen and oxygen atoms in total. The number of halogens is 3. The van der Waals surface area contributed by atoms with E-state index in [0.29, 0.717) is 5.56 Å². The minimum Gasteiger partial charge on any atom is -0.481 e. The van der Waals surface area contributed by atoms with Crippen molar-refractivity contribution < 1.29 is 32.6 Å². The number of alkyl halides is 3. The highest BCUT2D eigenvalue weighted by Crippen LogP contribution is 2.25. The van der Waals surface area contributed by atoms with Gasteiger partial charge in [0.05, 0.1) is 19.0 Å². The maximum absolute atomic E-state index is 12.2. The number of carboxylic acid groups (broad SMARTS) is 1. The number of hydrogen-bond acceptors (Lipinski definition) is 5. The summed E-state index contributed by atoms with van der Waals surface area (Å²) in [7, 11) is 0. The molecule has 1 aromatic heterocycles. The Morgan fingerprint density at radius 1 is 1.27 bits per heavy atom. The first-order valence-corrected chi connectivity index (χ1v) is 7.42. The van der Waals surface area contributed by atoms with Gasteiger partial charge in [0.2, 0.25) is 5.91 Å². The first-order valence-electron chi connectivity index (χ1n) is 7.42. The van der Waals surface area contributed by atoms with Crippen LogP contribution in [0.5, 0.6) is 5.75 Å². The Balaban J connectivity index is 2.01. The molecule has 0 radical (unpaired) electrons. The number of carboxylic acids is 1. The van der Waals surface area contributed by atoms with Crippen molar-refractivity contribution in [2.45, 2.75) is 31.8 Å². The summed E-state index contributed by atoms with van der Waals surface area (Å²) in [5.41, 5.74) is 0.344. The van der Waals surface area contributed by atoms with Crippen molar-refractivity contribution in [2.75, 3.05) is 0 Å². The number of nitrogens with one attached hydrogen (secondary N) is 1. The lowest BCUT2D eigenvalue weighted by Crippen LogP contribution is -2.30. The van der Waals surface area contributed by atoms with Crippen molar-refractivity contribution in [3.8, 4) is 5.75 Å². The van der Waals surface area contributed by atoms with E-state index in [1.165, 1.54) is 29.5 Å². The number of ether oxygens (including phenoxy) is 1. The van der Waals surface area contributed by atoms with Gasteiger partial charge in [-0.25, -0.2) is 4.98 Å². The van der Waals surface area contributed by atoms with Crippen LogP contribution in [0.4, 0.5) is 13.2 Å². The molecular formula is C15H15F3N4O4. The molecule has 2 aromatic rings. The van der Waals surface area contributed by atoms with E-state index < -0.39 is 36.5 Å². The summed E-state index contributed by atoms with van der Waals surface area (Å²) in [5, 5.41) is 15.4. The van der Waals surface area contributed by atoms with Crippen molar-refractivity contribution >= 4 is 11.9 Å². The highest BCUT2D eigenvalue weighted by Gasteiger charge is 2.31. The van der Waals surface area contributed by atoms with Gasteiger partial charge in [0, 0.05) is 6.42 Å². The van der Waals surface area contributed by atoms with E-state index in [0.717, 1.165) is 12.1 Å². The first-order chi connectivity index (χ1) is 12.2. The number of nitrogens with zero attached hydrogens (tertiary/aromatic N) is 3. The van der Waals surface area contributed by atoms with Gasteiger partial charge in [-0.2, -0.15) is 5.10 Å². The van der Waals surface area contributed by atoms with Crippen molar-refractivity contribution in [3.63, 3.8) is 0 Å². The van der Waals surface area contributed by atoms with Crippen LogP contribution >= 0.6 is 0 Å². The number of amides is 1. The normalized spacial score (nSPS) is 12.4. The lowest BCUT2D eigenvalue weighted by molar-refractivity contribution is -0.274. The molecule has 26 heavy (non-hydrogen) atoms. The molecule has 1 amide bonds. The van der Waals surface area contributed by atoms with Gasteiger partial charge in [-0.05, 0) is 17.7 Å². The van der Waals surface area contributed by atoms with Gasteiger partial charge in [0.25, 0.3) is 0 Å². The molecule has 11 heteroatoms. The highest BCUT2D eigenvalue weighted by atomic mass is 19.4. The molecule has 1 heterocycles. The minimum absolute atomic E-state index is 0.0365. The topological polar surface area (TPSA) is 106 Å². The Morgan fingerprint density at radius 2 is 1.96 bits per heavy atom. The van der Waals surface area contributed by atoms with Crippen molar-refractivity contribution in [3.05, 3.63) is 42.5 Å². The van der Waals surface area contributed by atoms with E-state index in [2.05, 4.69) is 20.1 Å². The van der Waals surface area contributed by atoms with E-state index in [1.807, 2.05) is 0 Å². The number of rotatable bonds is 8. The zero-order valence-electron chi connectivity index (χ0n) is 13.3. The predicted molar refractivity (Wildman–Crippen MR) is 80.9 cm³/mol. The zero-order valence-corrected chi connectivity index (χ0v) is 13.3. The molecule has 1 aromatic carbocycles. The quantitative estimate of drug-likeness (QED) is 0.733. The predicted octanol–water partition coefficient (Wildman–Crippen LogP) is 1.90. The third-order valence-electron chi connectivity index (χ3n) is 3.26. The standard InChI is InChI=1S/C15H15F3N4O4/c16-15(17,18)26-11-3-1-10(2-4-11)12(7-14(24)25)21-13(23)5-6-22-9-19-8-20-22/h1-4,8-9,12H,5-7H2,(H,21,23)(H,24,25). The average molecular weight is 372 g/mol. The number of aryl methyl sites for hydroxylation is 1. The molecule has 0 spiro atoms. The molecule has 140 valence electrons. The largest absolute Gasteiger partial charge is 0.573 e. The van der Waals surface area contributed by atoms with Crippen LogP contribution in [-0.4, -0.2) is 38.1 Å². The molecule has 0 aliphatic rings. The van der Waals surface area contributed by atoms with Crippen LogP contribution in [0.25, 0.3) is 0 Å². The Hall–Kier alpha value is -3.11. The minimum atomic E-state index is -4.82. The van der Waals surface area contributed by atoms with Crippen LogP contribution in [-0.2, 0) is 16.1 Å². The summed E-state index contributed by atoms with van der Waals surface area (Å²) in [6.45, 7) is 0.254. The van der Waals surface area contributed by atoms with Crippen LogP contribution in [0.3, 0.4) is 0 Å². The van der Waals surface area contributed by atoms with Gasteiger partial charge in [-0.1, -0.05) is 12.1 Å². The van der Waals surface area contributed by atoms with Gasteiger partial charge in [-0.3, -0.25) is 14.3 Å². The Morgan fingerprint density at radius 3 is 2.50 bits per heavy atom. The lowest BCUT2D eigenvalue weighted by Gasteiger charge is -2.18. The molecule has 0 fully saturated rings. The summed E-state index contributed by atoms with van der Waals surface area (Å²) < 4.78 is 41.7. The third-order valence-corrected chi connectivity index (χ3v) is 3.26. The molecule has 2 rings (SSSR count). The molecule has 0 aliphatic carbocycles. The summed E-state index contributed by atoms with van der Waals surface area (Å²) in [6.07, 6.45) is -2.46. The van der Waals surface area contributed by atoms with Crippen LogP contribution in [0.2, 0.25) is 0 Å². The number of aromatic nitrogens is 3. The highest BCUT2D eigenvalue weighted by molar-refractivity contribution is 5.77. The summed E-state index contributed by atoms with van der Waals surface area (Å²) in [4.78, 5) is 26.8. The van der Waals surface area contributed by atoms with E-state index in [4.69, 9.17) is 5.11 Å². The fraction of sp³-hybridized carbons (Fsp3) is 0.333. The molecular weight excluding hydrogens is 357 g/mol. The zero-order chi connectivity index (χ0) is 19.2. The van der Waals surface area contributed by atoms with Gasteiger partial charge in [0.1, 0.15) is 18.4 Å². The van der Waals surface area contributed by atoms with Crippen LogP contribution in [0.15, 0.2) is 36.9 Å². The van der Waals surface area contributed by atoms with Crippen LogP contribution < -0.4 is 10.1 Å². The molecule has 1 atom stereocenters. The molecule has 0 bridgehead atoms. The van der Waals surface area contributed by atoms with Gasteiger partial charge >= 0.3 is 12.3 Å². The van der Waals surface area contributed by atoms with Gasteiger partial charge in [-0.15, -0.1) is 13.2 Å². The summed E-state index contributed by atoms with van der Waals surface area (Å²) >= 11 is 0. The Kier molecular flexibility index (Phi) is 6.15. The van der Waals surface area contributed by atoms with Gasteiger partial charge < -0.3 is 15.2 Å². The lowest BCUT2D eigenvalue weighted by atomic mass is 10.0. The molecule has 0 saturated carbocycles. The van der Waals surface area contributed by atoms with Crippen LogP contribution in [0, 0.1) is 0 Å². The smallest absolute Gasteiger partial charge is 0.481 e. The maximum Gasteiger partial charge on any atom is 0.573 e. The number of carbonyl (C=O) groups is 2. The van der Waals surface area contributed by atoms with Crippen molar-refractivity contribution in [2.24, 2.45) is 0 Å². The Bertz CT molecular complexity index is 732. The van der Waals surface area contributed by atoms with Crippen molar-refractivity contribution in [1.82, 2.24) is 20.1 Å². The Labute approximate surface area is 145 Å². The number of hydrogen-bond donors (Lipinski definition) is 2. The monoisotopic (exact) mass is 372 g/mol. The second kappa shape index (κ2) is 8.32. The second-order valence-corrected chi connectivity index (χ2v) is 5.24. The third kappa shape index (κ3) is 6.42. The van der Waals surface area contributed by atoms with Crippen molar-refractivity contribution in [1.29, 1.82) is 0 Å². The SMILES string of the molecule is O=C(O)CC(NC(=O)CCn1cncn1)c1ccc(OC(F)(F)F)cc1. The van der Waals surface area contributed by atoms with E-state index in [1.54, 1.807) is 0 Å². The average Bonchev–Trinajstić information content (AvgIpc) is 3.04. The van der Waals surface area contributed by atoms with Crippen LogP contribution in [0.1, 0.15) is 24.4 Å². The molecule has 1 unspecified atom stereocenters. The molecule has 0 saturated heterocycles. The summed E-state index contributed by atoms with van der Waals surface area (Å²) in [6, 6.07) is 3.76. The van der Waals surface area contributed by atoms with E-state index >= 15 is 0 Å². The fourth-order valence-electron chi connectivity index (χ4n) is 2.16. The number of carbonyl (C=O) groups excluding carboxylic acids is 1. The number of benzene rings is 1. The number of aliphatic carboxylic acids is 1. The van der Waals surface area contributed by atoms with Gasteiger partial charge in [0.15, 0.2) is 0 Å². The second-order valence-electron chi connectivity index (χ2n) is 5.24. The first kappa shape index (κ1) is 19.2. The summed E-state index contributed by atoms with van der Waals surface area (Å²) in [5.74, 6) is -2.03. The molecule has 2 N–H and O–H groups in total. The maximum atomic E-state index is 12.2. The molecule has 0 aliphatic heterocycles. The van der Waals surface area contributed by atoms with E-state index in [9.17, 15) is 22.8 Å². The van der Waals surface area contributed by atoms with E-state index in [-0.39, 0.29) is 13.0 Å².